The second-order valence-corrected chi connectivity index (χ2v) is 8.89. The summed E-state index contributed by atoms with van der Waals surface area (Å²) in [6, 6.07) is 20.9. The van der Waals surface area contributed by atoms with Gasteiger partial charge in [-0.1, -0.05) is 80.6 Å². The molecule has 0 atom stereocenters. The van der Waals surface area contributed by atoms with Crippen molar-refractivity contribution in [2.75, 3.05) is 35.3 Å². The molecule has 0 amide bonds. The Morgan fingerprint density at radius 3 is 1.38 bits per heavy atom. The van der Waals surface area contributed by atoms with Gasteiger partial charge in [0.1, 0.15) is 0 Å². The molecular weight excluding hydrogens is 456 g/mol. The topological polar surface area (TPSA) is 107 Å². The molecular formula is C25H40N2O6S. The zero-order chi connectivity index (χ0) is 26.6. The Bertz CT molecular complexity index is 841. The second-order valence-electron chi connectivity index (χ2n) is 7.70. The molecule has 0 aromatic heterocycles. The predicted molar refractivity (Wildman–Crippen MR) is 138 cm³/mol. The molecule has 0 bridgehead atoms. The minimum absolute atomic E-state index is 0.299. The van der Waals surface area contributed by atoms with E-state index < -0.39 is 16.4 Å². The Morgan fingerprint density at radius 2 is 1.21 bits per heavy atom. The summed E-state index contributed by atoms with van der Waals surface area (Å²) in [5, 5.41) is 8.21. The molecule has 0 radical (unpaired) electrons. The van der Waals surface area contributed by atoms with Crippen LogP contribution in [0.5, 0.6) is 0 Å². The molecule has 8 nitrogen and oxygen atoms in total. The lowest BCUT2D eigenvalue weighted by molar-refractivity contribution is -0.132. The van der Waals surface area contributed by atoms with E-state index in [-0.39, 0.29) is 0 Å². The minimum atomic E-state index is -4.16. The highest BCUT2D eigenvalue weighted by atomic mass is 32.3. The number of hydrogen-bond donors (Lipinski definition) is 2. The molecule has 0 heterocycles. The summed E-state index contributed by atoms with van der Waals surface area (Å²) in [6.07, 6.45) is 1.44. The summed E-state index contributed by atoms with van der Waals surface area (Å²) in [4.78, 5) is 14.3. The summed E-state index contributed by atoms with van der Waals surface area (Å²) >= 11 is 0. The summed E-state index contributed by atoms with van der Waals surface area (Å²) in [5.74, 6) is -0.883. The first-order valence-corrected chi connectivity index (χ1v) is 12.0. The summed E-state index contributed by atoms with van der Waals surface area (Å²) in [7, 11) is 5.01. The monoisotopic (exact) mass is 496 g/mol. The Balaban J connectivity index is 0. The van der Waals surface area contributed by atoms with Gasteiger partial charge in [0.05, 0.1) is 7.11 Å². The molecule has 9 heteroatoms. The van der Waals surface area contributed by atoms with Crippen LogP contribution in [0.4, 0.5) is 0 Å². The van der Waals surface area contributed by atoms with Crippen LogP contribution in [0.15, 0.2) is 72.8 Å². The van der Waals surface area contributed by atoms with Gasteiger partial charge in [-0.25, -0.2) is 4.79 Å². The molecule has 0 unspecified atom stereocenters. The van der Waals surface area contributed by atoms with Crippen LogP contribution in [-0.4, -0.2) is 69.1 Å². The lowest BCUT2D eigenvalue weighted by Crippen LogP contribution is -2.10. The number of carboxylic acid groups (broad SMARTS) is 1. The lowest BCUT2D eigenvalue weighted by Gasteiger charge is -2.08. The van der Waals surface area contributed by atoms with Gasteiger partial charge in [0.2, 0.25) is 0 Å². The van der Waals surface area contributed by atoms with Crippen molar-refractivity contribution in [3.8, 4) is 0 Å². The van der Waals surface area contributed by atoms with E-state index in [0.29, 0.717) is 12.0 Å². The number of benzene rings is 2. The van der Waals surface area contributed by atoms with E-state index in [1.165, 1.54) is 11.1 Å². The van der Waals surface area contributed by atoms with Gasteiger partial charge < -0.3 is 14.9 Å². The number of carboxylic acids is 1. The number of rotatable bonds is 8. The van der Waals surface area contributed by atoms with E-state index >= 15 is 0 Å². The molecule has 0 fully saturated rings. The molecule has 34 heavy (non-hydrogen) atoms. The zero-order valence-electron chi connectivity index (χ0n) is 21.1. The maximum absolute atomic E-state index is 9.99. The highest BCUT2D eigenvalue weighted by Crippen LogP contribution is 2.01. The normalized spacial score (nSPS) is 10.1. The average molecular weight is 497 g/mol. The SMILES string of the molecule is C=C(CCC)C(=O)O.CN(C)Cc1ccccc1.CN(C)Cc1ccccc1.COS(=O)(=O)O. The molecule has 0 saturated heterocycles. The van der Waals surface area contributed by atoms with Gasteiger partial charge in [0.15, 0.2) is 0 Å². The van der Waals surface area contributed by atoms with Crippen molar-refractivity contribution >= 4 is 16.4 Å². The van der Waals surface area contributed by atoms with Gasteiger partial charge >= 0.3 is 16.4 Å². The van der Waals surface area contributed by atoms with Gasteiger partial charge in [-0.15, -0.1) is 0 Å². The molecule has 2 aromatic carbocycles. The minimum Gasteiger partial charge on any atom is -0.478 e. The van der Waals surface area contributed by atoms with E-state index in [9.17, 15) is 13.2 Å². The van der Waals surface area contributed by atoms with Crippen molar-refractivity contribution in [3.63, 3.8) is 0 Å². The van der Waals surface area contributed by atoms with Crippen molar-refractivity contribution in [1.29, 1.82) is 0 Å². The first kappa shape index (κ1) is 33.6. The first-order valence-electron chi connectivity index (χ1n) is 10.6. The fourth-order valence-corrected chi connectivity index (χ4v) is 2.31. The van der Waals surface area contributed by atoms with Crippen molar-refractivity contribution < 1.29 is 27.1 Å². The van der Waals surface area contributed by atoms with Crippen LogP contribution in [-0.2, 0) is 32.5 Å². The molecule has 2 rings (SSSR count). The number of aliphatic carboxylic acids is 1. The quantitative estimate of drug-likeness (QED) is 0.410. The van der Waals surface area contributed by atoms with Crippen LogP contribution in [0.1, 0.15) is 30.9 Å². The standard InChI is InChI=1S/2C9H13N.C6H10O2.CH4O4S/c2*1-10(2)8-9-6-4-3-5-7-9;1-3-4-5(2)6(7)8;1-5-6(2,3)4/h2*3-7H,8H2,1-2H3;2-4H2,1H3,(H,7,8);1H3,(H,2,3,4). The maximum Gasteiger partial charge on any atom is 0.397 e. The highest BCUT2D eigenvalue weighted by molar-refractivity contribution is 7.80. The Labute approximate surface area is 205 Å². The number of hydrogen-bond acceptors (Lipinski definition) is 6. The summed E-state index contributed by atoms with van der Waals surface area (Å²) in [6.45, 7) is 7.33. The lowest BCUT2D eigenvalue weighted by atomic mass is 10.2. The van der Waals surface area contributed by atoms with Gasteiger partial charge in [-0.3, -0.25) is 8.74 Å². The van der Waals surface area contributed by atoms with Crippen LogP contribution in [0, 0.1) is 0 Å². The second kappa shape index (κ2) is 19.9. The Morgan fingerprint density at radius 1 is 0.882 bits per heavy atom. The molecule has 2 N–H and O–H groups in total. The summed E-state index contributed by atoms with van der Waals surface area (Å²) < 4.78 is 29.7. The Hall–Kier alpha value is -2.56. The number of carbonyl (C=O) groups is 1. The van der Waals surface area contributed by atoms with Gasteiger partial charge in [0, 0.05) is 18.7 Å². The molecule has 192 valence electrons. The van der Waals surface area contributed by atoms with Crippen LogP contribution >= 0.6 is 0 Å². The largest absolute Gasteiger partial charge is 0.478 e. The zero-order valence-corrected chi connectivity index (χ0v) is 22.0. The molecule has 0 aliphatic carbocycles. The molecule has 0 aliphatic heterocycles. The molecule has 0 spiro atoms. The van der Waals surface area contributed by atoms with Crippen LogP contribution in [0.25, 0.3) is 0 Å². The van der Waals surface area contributed by atoms with Crippen molar-refractivity contribution in [3.05, 3.63) is 83.9 Å². The molecule has 0 aliphatic rings. The Kier molecular flexibility index (Phi) is 19.6. The van der Waals surface area contributed by atoms with E-state index in [1.807, 2.05) is 19.1 Å². The third-order valence-corrected chi connectivity index (χ3v) is 4.17. The van der Waals surface area contributed by atoms with Gasteiger partial charge in [-0.05, 0) is 45.7 Å². The third-order valence-electron chi connectivity index (χ3n) is 3.75. The van der Waals surface area contributed by atoms with Crippen LogP contribution in [0.3, 0.4) is 0 Å². The van der Waals surface area contributed by atoms with E-state index in [4.69, 9.17) is 9.66 Å². The van der Waals surface area contributed by atoms with Crippen molar-refractivity contribution in [2.45, 2.75) is 32.9 Å². The van der Waals surface area contributed by atoms with Gasteiger partial charge in [0.25, 0.3) is 0 Å². The average Bonchev–Trinajstić information content (AvgIpc) is 2.75. The molecule has 0 saturated carbocycles. The first-order chi connectivity index (χ1) is 15.8. The van der Waals surface area contributed by atoms with E-state index in [2.05, 4.69) is 97.3 Å². The fourth-order valence-electron chi connectivity index (χ4n) is 2.31. The predicted octanol–water partition coefficient (Wildman–Crippen LogP) is 4.36. The number of nitrogens with zero attached hydrogens (tertiary/aromatic N) is 2. The van der Waals surface area contributed by atoms with Gasteiger partial charge in [-0.2, -0.15) is 8.42 Å². The maximum atomic E-state index is 9.99. The van der Waals surface area contributed by atoms with Crippen molar-refractivity contribution in [2.24, 2.45) is 0 Å². The van der Waals surface area contributed by atoms with Crippen molar-refractivity contribution in [1.82, 2.24) is 9.80 Å². The van der Waals surface area contributed by atoms with E-state index in [1.54, 1.807) is 0 Å². The van der Waals surface area contributed by atoms with Crippen LogP contribution < -0.4 is 0 Å². The highest BCUT2D eigenvalue weighted by Gasteiger charge is 1.99. The van der Waals surface area contributed by atoms with Crippen LogP contribution in [0.2, 0.25) is 0 Å². The fraction of sp³-hybridized carbons (Fsp3) is 0.400. The molecule has 2 aromatic rings. The third kappa shape index (κ3) is 24.1. The summed E-state index contributed by atoms with van der Waals surface area (Å²) in [5.41, 5.74) is 3.03. The smallest absolute Gasteiger partial charge is 0.397 e. The van der Waals surface area contributed by atoms with E-state index in [0.717, 1.165) is 26.6 Å².